The van der Waals surface area contributed by atoms with Gasteiger partial charge < -0.3 is 4.74 Å². The van der Waals surface area contributed by atoms with Gasteiger partial charge in [-0.2, -0.15) is 10.5 Å². The number of ether oxygens (including phenoxy) is 1. The van der Waals surface area contributed by atoms with E-state index >= 15 is 0 Å². The Bertz CT molecular complexity index is 611. The lowest BCUT2D eigenvalue weighted by molar-refractivity contribution is 0.363. The van der Waals surface area contributed by atoms with Crippen LogP contribution in [0, 0.1) is 28.6 Å². The predicted octanol–water partition coefficient (Wildman–Crippen LogP) is 2.81. The van der Waals surface area contributed by atoms with E-state index in [0.717, 1.165) is 5.76 Å². The Balaban J connectivity index is 2.69. The number of pyridine rings is 1. The van der Waals surface area contributed by atoms with Crippen LogP contribution < -0.4 is 4.74 Å². The first-order valence-corrected chi connectivity index (χ1v) is 5.55. The topological polar surface area (TPSA) is 69.7 Å². The Morgan fingerprint density at radius 3 is 2.67 bits per heavy atom. The minimum absolute atomic E-state index is 0.0747. The molecule has 1 aliphatic heterocycles. The van der Waals surface area contributed by atoms with Crippen molar-refractivity contribution in [2.45, 2.75) is 13.8 Å². The van der Waals surface area contributed by atoms with E-state index in [4.69, 9.17) is 15.3 Å². The SMILES string of the molecule is CC(C)C1=CC(=C(C#N)C#N)c2cnccc2O1. The van der Waals surface area contributed by atoms with E-state index in [1.807, 2.05) is 26.0 Å². The zero-order chi connectivity index (χ0) is 13.1. The van der Waals surface area contributed by atoms with Crippen LogP contribution in [-0.2, 0) is 0 Å². The van der Waals surface area contributed by atoms with Gasteiger partial charge in [0.2, 0.25) is 0 Å². The summed E-state index contributed by atoms with van der Waals surface area (Å²) >= 11 is 0. The van der Waals surface area contributed by atoms with Crippen LogP contribution in [-0.4, -0.2) is 4.98 Å². The lowest BCUT2D eigenvalue weighted by Crippen LogP contribution is -2.10. The van der Waals surface area contributed by atoms with Gasteiger partial charge in [-0.3, -0.25) is 4.98 Å². The molecule has 2 rings (SSSR count). The van der Waals surface area contributed by atoms with Crippen molar-refractivity contribution in [2.75, 3.05) is 0 Å². The number of nitriles is 2. The van der Waals surface area contributed by atoms with E-state index in [2.05, 4.69) is 4.98 Å². The van der Waals surface area contributed by atoms with Crippen LogP contribution in [0.15, 0.2) is 35.9 Å². The molecule has 0 N–H and O–H groups in total. The number of allylic oxidation sites excluding steroid dienone is 4. The molecule has 0 bridgehead atoms. The molecule has 18 heavy (non-hydrogen) atoms. The molecule has 0 fully saturated rings. The molecule has 0 radical (unpaired) electrons. The Kier molecular flexibility index (Phi) is 3.12. The second-order valence-electron chi connectivity index (χ2n) is 4.19. The maximum atomic E-state index is 9.01. The first kappa shape index (κ1) is 11.9. The molecule has 0 saturated carbocycles. The van der Waals surface area contributed by atoms with Crippen LogP contribution in [0.25, 0.3) is 5.57 Å². The zero-order valence-electron chi connectivity index (χ0n) is 10.1. The predicted molar refractivity (Wildman–Crippen MR) is 65.9 cm³/mol. The maximum absolute atomic E-state index is 9.01. The van der Waals surface area contributed by atoms with Crippen LogP contribution in [0.1, 0.15) is 19.4 Å². The van der Waals surface area contributed by atoms with Gasteiger partial charge in [-0.1, -0.05) is 13.8 Å². The average Bonchev–Trinajstić information content (AvgIpc) is 2.39. The third-order valence-corrected chi connectivity index (χ3v) is 2.65. The summed E-state index contributed by atoms with van der Waals surface area (Å²) in [5, 5.41) is 18.0. The van der Waals surface area contributed by atoms with Gasteiger partial charge in [0.25, 0.3) is 0 Å². The highest BCUT2D eigenvalue weighted by atomic mass is 16.5. The highest BCUT2D eigenvalue weighted by Gasteiger charge is 2.21. The normalized spacial score (nSPS) is 12.9. The van der Waals surface area contributed by atoms with Gasteiger partial charge in [0.1, 0.15) is 29.2 Å². The van der Waals surface area contributed by atoms with E-state index < -0.39 is 0 Å². The molecule has 0 unspecified atom stereocenters. The standard InChI is InChI=1S/C14H11N3O/c1-9(2)14-5-11(10(6-15)7-16)12-8-17-4-3-13(12)18-14/h3-5,8-9H,1-2H3. The number of hydrogen-bond acceptors (Lipinski definition) is 4. The Labute approximate surface area is 105 Å². The van der Waals surface area contributed by atoms with Crippen molar-refractivity contribution >= 4 is 5.57 Å². The van der Waals surface area contributed by atoms with E-state index in [-0.39, 0.29) is 11.5 Å². The monoisotopic (exact) mass is 237 g/mol. The summed E-state index contributed by atoms with van der Waals surface area (Å²) in [5.74, 6) is 1.56. The summed E-state index contributed by atoms with van der Waals surface area (Å²) in [5.41, 5.74) is 1.34. The molecular formula is C14H11N3O. The molecule has 0 saturated heterocycles. The summed E-state index contributed by atoms with van der Waals surface area (Å²) in [6, 6.07) is 5.56. The molecule has 0 aliphatic carbocycles. The second kappa shape index (κ2) is 4.73. The smallest absolute Gasteiger partial charge is 0.137 e. The summed E-state index contributed by atoms with van der Waals surface area (Å²) in [6.45, 7) is 3.99. The highest BCUT2D eigenvalue weighted by molar-refractivity contribution is 5.86. The van der Waals surface area contributed by atoms with Crippen LogP contribution in [0.4, 0.5) is 0 Å². The van der Waals surface area contributed by atoms with Gasteiger partial charge >= 0.3 is 0 Å². The lowest BCUT2D eigenvalue weighted by Gasteiger charge is -2.21. The molecule has 0 atom stereocenters. The van der Waals surface area contributed by atoms with Crippen LogP contribution in [0.5, 0.6) is 5.75 Å². The van der Waals surface area contributed by atoms with Gasteiger partial charge in [0.05, 0.1) is 0 Å². The summed E-state index contributed by atoms with van der Waals surface area (Å²) in [7, 11) is 0. The molecule has 2 heterocycles. The van der Waals surface area contributed by atoms with Crippen LogP contribution in [0.3, 0.4) is 0 Å². The number of hydrogen-bond donors (Lipinski definition) is 0. The largest absolute Gasteiger partial charge is 0.461 e. The quantitative estimate of drug-likeness (QED) is 0.704. The molecule has 4 heteroatoms. The lowest BCUT2D eigenvalue weighted by atomic mass is 9.96. The average molecular weight is 237 g/mol. The molecule has 1 aliphatic rings. The first-order chi connectivity index (χ1) is 8.67. The number of nitrogens with zero attached hydrogens (tertiary/aromatic N) is 3. The molecule has 0 spiro atoms. The van der Waals surface area contributed by atoms with Gasteiger partial charge in [-0.15, -0.1) is 0 Å². The van der Waals surface area contributed by atoms with Gasteiger partial charge in [-0.25, -0.2) is 0 Å². The van der Waals surface area contributed by atoms with Crippen molar-refractivity contribution in [1.82, 2.24) is 4.98 Å². The van der Waals surface area contributed by atoms with Gasteiger partial charge in [0, 0.05) is 29.4 Å². The van der Waals surface area contributed by atoms with Crippen molar-refractivity contribution in [3.8, 4) is 17.9 Å². The molecule has 88 valence electrons. The van der Waals surface area contributed by atoms with E-state index in [9.17, 15) is 0 Å². The Morgan fingerprint density at radius 1 is 1.33 bits per heavy atom. The molecule has 1 aromatic rings. The molecule has 4 nitrogen and oxygen atoms in total. The Morgan fingerprint density at radius 2 is 2.06 bits per heavy atom. The van der Waals surface area contributed by atoms with Crippen molar-refractivity contribution in [1.29, 1.82) is 10.5 Å². The van der Waals surface area contributed by atoms with E-state index in [1.54, 1.807) is 24.5 Å². The second-order valence-corrected chi connectivity index (χ2v) is 4.19. The van der Waals surface area contributed by atoms with Crippen molar-refractivity contribution in [2.24, 2.45) is 5.92 Å². The Hall–Kier alpha value is -2.59. The fourth-order valence-electron chi connectivity index (χ4n) is 1.69. The molecule has 0 amide bonds. The van der Waals surface area contributed by atoms with Crippen LogP contribution >= 0.6 is 0 Å². The molecule has 1 aromatic heterocycles. The van der Waals surface area contributed by atoms with Crippen molar-refractivity contribution < 1.29 is 4.74 Å². The first-order valence-electron chi connectivity index (χ1n) is 5.55. The van der Waals surface area contributed by atoms with E-state index in [1.165, 1.54) is 0 Å². The summed E-state index contributed by atoms with van der Waals surface area (Å²) in [4.78, 5) is 4.01. The summed E-state index contributed by atoms with van der Waals surface area (Å²) < 4.78 is 5.73. The maximum Gasteiger partial charge on any atom is 0.137 e. The fraction of sp³-hybridized carbons (Fsp3) is 0.214. The minimum Gasteiger partial charge on any atom is -0.461 e. The van der Waals surface area contributed by atoms with E-state index in [0.29, 0.717) is 16.9 Å². The number of aromatic nitrogens is 1. The summed E-state index contributed by atoms with van der Waals surface area (Å²) in [6.07, 6.45) is 4.97. The third-order valence-electron chi connectivity index (χ3n) is 2.65. The highest BCUT2D eigenvalue weighted by Crippen LogP contribution is 2.36. The molecular weight excluding hydrogens is 226 g/mol. The molecule has 0 aromatic carbocycles. The van der Waals surface area contributed by atoms with Crippen molar-refractivity contribution in [3.63, 3.8) is 0 Å². The zero-order valence-corrected chi connectivity index (χ0v) is 10.1. The minimum atomic E-state index is 0.0747. The number of fused-ring (bicyclic) bond motifs is 1. The third kappa shape index (κ3) is 1.97. The fourth-order valence-corrected chi connectivity index (χ4v) is 1.69. The van der Waals surface area contributed by atoms with Crippen LogP contribution in [0.2, 0.25) is 0 Å². The number of rotatable bonds is 1. The van der Waals surface area contributed by atoms with Gasteiger partial charge in [0.15, 0.2) is 0 Å². The van der Waals surface area contributed by atoms with Gasteiger partial charge in [-0.05, 0) is 12.1 Å². The van der Waals surface area contributed by atoms with Crippen molar-refractivity contribution in [3.05, 3.63) is 41.4 Å².